The predicted octanol–water partition coefficient (Wildman–Crippen LogP) is 4.86. The molecule has 0 bridgehead atoms. The number of carbonyl (C=O) groups excluding carboxylic acids is 3. The van der Waals surface area contributed by atoms with Crippen LogP contribution < -0.4 is 9.64 Å². The number of halogens is 1. The van der Waals surface area contributed by atoms with Crippen LogP contribution in [0.25, 0.3) is 6.08 Å². The standard InChI is InChI=1S/C28H21BrN2O4/c1-35-20-12-6-17(7-13-20)26(32)25-23-22(24-21-5-3-2-4-16(21)14-15-30(24)25)27(33)31(28(23)34)19-10-8-18(29)9-11-19/h2-15,22-25H,1H3/t22-,23-,24+,25-/m0/s1. The zero-order chi connectivity index (χ0) is 24.3. The molecular weight excluding hydrogens is 508 g/mol. The van der Waals surface area contributed by atoms with Crippen LogP contribution in [0.4, 0.5) is 5.69 Å². The second kappa shape index (κ2) is 8.20. The summed E-state index contributed by atoms with van der Waals surface area (Å²) in [6.45, 7) is 0. The molecule has 0 spiro atoms. The van der Waals surface area contributed by atoms with Crippen LogP contribution in [0.5, 0.6) is 5.75 Å². The van der Waals surface area contributed by atoms with Crippen LogP contribution in [0.1, 0.15) is 27.5 Å². The number of methoxy groups -OCH3 is 1. The van der Waals surface area contributed by atoms with Gasteiger partial charge in [0, 0.05) is 16.2 Å². The maximum absolute atomic E-state index is 13.9. The number of amides is 2. The van der Waals surface area contributed by atoms with E-state index in [1.54, 1.807) is 55.6 Å². The zero-order valence-corrected chi connectivity index (χ0v) is 20.4. The van der Waals surface area contributed by atoms with E-state index in [1.165, 1.54) is 4.90 Å². The second-order valence-electron chi connectivity index (χ2n) is 8.91. The highest BCUT2D eigenvalue weighted by Crippen LogP contribution is 2.53. The number of ketones is 1. The van der Waals surface area contributed by atoms with Gasteiger partial charge in [0.1, 0.15) is 11.8 Å². The maximum Gasteiger partial charge on any atom is 0.240 e. The number of anilines is 1. The quantitative estimate of drug-likeness (QED) is 0.357. The summed E-state index contributed by atoms with van der Waals surface area (Å²) in [5, 5.41) is 0. The van der Waals surface area contributed by atoms with Crippen molar-refractivity contribution < 1.29 is 19.1 Å². The molecule has 0 aliphatic carbocycles. The van der Waals surface area contributed by atoms with Crippen molar-refractivity contribution in [2.75, 3.05) is 12.0 Å². The molecule has 0 radical (unpaired) electrons. The van der Waals surface area contributed by atoms with Crippen molar-refractivity contribution in [1.82, 2.24) is 4.90 Å². The summed E-state index contributed by atoms with van der Waals surface area (Å²) in [6, 6.07) is 20.6. The Labute approximate surface area is 210 Å². The highest BCUT2D eigenvalue weighted by atomic mass is 79.9. The van der Waals surface area contributed by atoms with E-state index in [2.05, 4.69) is 15.9 Å². The summed E-state index contributed by atoms with van der Waals surface area (Å²) in [7, 11) is 1.57. The number of nitrogens with zero attached hydrogens (tertiary/aromatic N) is 2. The number of benzene rings is 3. The monoisotopic (exact) mass is 528 g/mol. The van der Waals surface area contributed by atoms with Gasteiger partial charge in [0.05, 0.1) is 30.7 Å². The van der Waals surface area contributed by atoms with Crippen molar-refractivity contribution in [3.05, 3.63) is 100 Å². The molecule has 0 unspecified atom stereocenters. The Morgan fingerprint density at radius 3 is 2.29 bits per heavy atom. The second-order valence-corrected chi connectivity index (χ2v) is 9.83. The van der Waals surface area contributed by atoms with Crippen LogP contribution in [0.3, 0.4) is 0 Å². The molecule has 2 amide bonds. The van der Waals surface area contributed by atoms with Gasteiger partial charge in [0.2, 0.25) is 11.8 Å². The van der Waals surface area contributed by atoms with Gasteiger partial charge in [0.15, 0.2) is 5.78 Å². The van der Waals surface area contributed by atoms with Crippen LogP contribution in [-0.2, 0) is 9.59 Å². The normalized spacial score (nSPS) is 24.3. The number of rotatable bonds is 4. The van der Waals surface area contributed by atoms with Gasteiger partial charge in [-0.25, -0.2) is 4.90 Å². The molecule has 0 saturated carbocycles. The largest absolute Gasteiger partial charge is 0.497 e. The lowest BCUT2D eigenvalue weighted by Gasteiger charge is -2.35. The van der Waals surface area contributed by atoms with Gasteiger partial charge in [-0.3, -0.25) is 14.4 Å². The number of fused-ring (bicyclic) bond motifs is 5. The summed E-state index contributed by atoms with van der Waals surface area (Å²) >= 11 is 3.40. The number of ether oxygens (including phenoxy) is 1. The first kappa shape index (κ1) is 21.8. The van der Waals surface area contributed by atoms with E-state index in [4.69, 9.17) is 4.74 Å². The fourth-order valence-electron chi connectivity index (χ4n) is 5.63. The van der Waals surface area contributed by atoms with E-state index in [9.17, 15) is 14.4 Å². The molecule has 7 heteroatoms. The fourth-order valence-corrected chi connectivity index (χ4v) is 5.89. The van der Waals surface area contributed by atoms with Crippen molar-refractivity contribution in [2.24, 2.45) is 11.8 Å². The molecule has 3 aliphatic rings. The molecule has 2 saturated heterocycles. The summed E-state index contributed by atoms with van der Waals surface area (Å²) in [5.74, 6) is -1.61. The summed E-state index contributed by atoms with van der Waals surface area (Å²) in [5.41, 5.74) is 2.94. The third-order valence-electron chi connectivity index (χ3n) is 7.19. The third kappa shape index (κ3) is 3.26. The Balaban J connectivity index is 1.47. The van der Waals surface area contributed by atoms with Gasteiger partial charge in [-0.15, -0.1) is 0 Å². The number of Topliss-reactive ketones (excluding diaryl/α,β-unsaturated/α-hetero) is 1. The Bertz CT molecular complexity index is 1380. The lowest BCUT2D eigenvalue weighted by Crippen LogP contribution is -2.44. The van der Waals surface area contributed by atoms with E-state index in [0.29, 0.717) is 17.0 Å². The molecule has 3 aromatic rings. The fraction of sp³-hybridized carbons (Fsp3) is 0.179. The average molecular weight is 529 g/mol. The van der Waals surface area contributed by atoms with Gasteiger partial charge < -0.3 is 9.64 Å². The number of hydrogen-bond donors (Lipinski definition) is 0. The van der Waals surface area contributed by atoms with Crippen LogP contribution >= 0.6 is 15.9 Å². The van der Waals surface area contributed by atoms with Gasteiger partial charge in [0.25, 0.3) is 0 Å². The van der Waals surface area contributed by atoms with E-state index in [1.807, 2.05) is 41.4 Å². The Hall–Kier alpha value is -3.71. The molecule has 35 heavy (non-hydrogen) atoms. The highest BCUT2D eigenvalue weighted by Gasteiger charge is 2.64. The van der Waals surface area contributed by atoms with Crippen molar-refractivity contribution in [3.8, 4) is 5.75 Å². The van der Waals surface area contributed by atoms with Gasteiger partial charge in [-0.2, -0.15) is 0 Å². The maximum atomic E-state index is 13.9. The SMILES string of the molecule is COc1ccc(C(=O)[C@@H]2[C@H]3C(=O)N(c4ccc(Br)cc4)C(=O)[C@@H]3[C@H]3c4ccccc4C=CN23)cc1. The molecule has 4 atom stereocenters. The van der Waals surface area contributed by atoms with Crippen molar-refractivity contribution in [3.63, 3.8) is 0 Å². The Kier molecular flexibility index (Phi) is 5.11. The van der Waals surface area contributed by atoms with Gasteiger partial charge in [-0.05, 0) is 65.7 Å². The van der Waals surface area contributed by atoms with Crippen LogP contribution in [0, 0.1) is 11.8 Å². The molecule has 6 rings (SSSR count). The van der Waals surface area contributed by atoms with Gasteiger partial charge in [-0.1, -0.05) is 40.2 Å². The average Bonchev–Trinajstić information content (AvgIpc) is 3.37. The minimum Gasteiger partial charge on any atom is -0.497 e. The highest BCUT2D eigenvalue weighted by molar-refractivity contribution is 9.10. The first-order valence-electron chi connectivity index (χ1n) is 11.4. The number of imide groups is 1. The number of hydrogen-bond acceptors (Lipinski definition) is 5. The third-order valence-corrected chi connectivity index (χ3v) is 7.72. The van der Waals surface area contributed by atoms with Crippen molar-refractivity contribution in [1.29, 1.82) is 0 Å². The van der Waals surface area contributed by atoms with E-state index >= 15 is 0 Å². The molecule has 174 valence electrons. The number of carbonyl (C=O) groups is 3. The van der Waals surface area contributed by atoms with Crippen LogP contribution in [0.15, 0.2) is 83.5 Å². The molecule has 3 aliphatic heterocycles. The van der Waals surface area contributed by atoms with Crippen LogP contribution in [0.2, 0.25) is 0 Å². The summed E-state index contributed by atoms with van der Waals surface area (Å²) in [6.07, 6.45) is 3.81. The molecule has 0 N–H and O–H groups in total. The lowest BCUT2D eigenvalue weighted by molar-refractivity contribution is -0.123. The first-order valence-corrected chi connectivity index (χ1v) is 12.1. The molecule has 3 aromatic carbocycles. The molecule has 3 heterocycles. The zero-order valence-electron chi connectivity index (χ0n) is 18.8. The topological polar surface area (TPSA) is 66.9 Å². The molecule has 6 nitrogen and oxygen atoms in total. The van der Waals surface area contributed by atoms with E-state index in [0.717, 1.165) is 15.6 Å². The summed E-state index contributed by atoms with van der Waals surface area (Å²) in [4.78, 5) is 44.8. The van der Waals surface area contributed by atoms with Crippen molar-refractivity contribution >= 4 is 45.3 Å². The Morgan fingerprint density at radius 1 is 0.886 bits per heavy atom. The van der Waals surface area contributed by atoms with E-state index in [-0.39, 0.29) is 17.6 Å². The first-order chi connectivity index (χ1) is 17.0. The Morgan fingerprint density at radius 2 is 1.57 bits per heavy atom. The van der Waals surface area contributed by atoms with Crippen LogP contribution in [-0.4, -0.2) is 35.6 Å². The lowest BCUT2D eigenvalue weighted by atomic mass is 9.83. The summed E-state index contributed by atoms with van der Waals surface area (Å²) < 4.78 is 6.08. The minimum absolute atomic E-state index is 0.187. The van der Waals surface area contributed by atoms with Crippen molar-refractivity contribution in [2.45, 2.75) is 12.1 Å². The predicted molar refractivity (Wildman–Crippen MR) is 135 cm³/mol. The van der Waals surface area contributed by atoms with Gasteiger partial charge >= 0.3 is 0 Å². The minimum atomic E-state index is -0.792. The van der Waals surface area contributed by atoms with E-state index < -0.39 is 23.9 Å². The molecule has 0 aromatic heterocycles. The molecule has 2 fully saturated rings. The molecular formula is C28H21BrN2O4. The smallest absolute Gasteiger partial charge is 0.240 e.